The zero-order valence-electron chi connectivity index (χ0n) is 17.0. The maximum atomic E-state index is 13.5. The van der Waals surface area contributed by atoms with Gasteiger partial charge in [-0.25, -0.2) is 25.6 Å². The van der Waals surface area contributed by atoms with Gasteiger partial charge in [0.15, 0.2) is 19.7 Å². The highest BCUT2D eigenvalue weighted by atomic mass is 32.2. The van der Waals surface area contributed by atoms with Crippen LogP contribution in [0.1, 0.15) is 5.56 Å². The monoisotopic (exact) mass is 470 g/mol. The van der Waals surface area contributed by atoms with E-state index in [4.69, 9.17) is 0 Å². The van der Waals surface area contributed by atoms with Crippen molar-refractivity contribution in [3.63, 3.8) is 0 Å². The van der Waals surface area contributed by atoms with Gasteiger partial charge in [0.1, 0.15) is 11.6 Å². The van der Waals surface area contributed by atoms with Gasteiger partial charge in [-0.2, -0.15) is 0 Å². The number of rotatable bonds is 4. The predicted molar refractivity (Wildman–Crippen MR) is 115 cm³/mol. The highest BCUT2D eigenvalue weighted by Gasteiger charge is 2.49. The number of sulfone groups is 2. The van der Waals surface area contributed by atoms with Gasteiger partial charge >= 0.3 is 0 Å². The molecule has 2 atom stereocenters. The fourth-order valence-electron chi connectivity index (χ4n) is 4.49. The van der Waals surface area contributed by atoms with Crippen molar-refractivity contribution in [3.05, 3.63) is 59.7 Å². The van der Waals surface area contributed by atoms with Crippen molar-refractivity contribution in [2.24, 2.45) is 0 Å². The Morgan fingerprint density at radius 1 is 0.903 bits per heavy atom. The van der Waals surface area contributed by atoms with Crippen LogP contribution >= 0.6 is 0 Å². The van der Waals surface area contributed by atoms with Crippen LogP contribution in [0.2, 0.25) is 0 Å². The molecule has 0 aromatic heterocycles. The quantitative estimate of drug-likeness (QED) is 0.637. The van der Waals surface area contributed by atoms with E-state index in [1.165, 1.54) is 25.1 Å². The lowest BCUT2D eigenvalue weighted by Gasteiger charge is -2.40. The lowest BCUT2D eigenvalue weighted by molar-refractivity contribution is 0.201. The highest BCUT2D eigenvalue weighted by molar-refractivity contribution is 7.96. The molecule has 0 unspecified atom stereocenters. The molecule has 2 heterocycles. The number of halogens is 2. The number of aryl methyl sites for hydroxylation is 1. The third-order valence-electron chi connectivity index (χ3n) is 6.09. The number of anilines is 1. The van der Waals surface area contributed by atoms with Crippen LogP contribution in [0.5, 0.6) is 0 Å². The van der Waals surface area contributed by atoms with Gasteiger partial charge in [-0.3, -0.25) is 4.90 Å². The van der Waals surface area contributed by atoms with E-state index in [9.17, 15) is 25.6 Å². The summed E-state index contributed by atoms with van der Waals surface area (Å²) in [7, 11) is -7.50. The summed E-state index contributed by atoms with van der Waals surface area (Å²) < 4.78 is 78.2. The van der Waals surface area contributed by atoms with E-state index in [1.807, 2.05) is 4.90 Å². The first-order valence-corrected chi connectivity index (χ1v) is 13.4. The molecule has 2 aliphatic rings. The number of hydrogen-bond acceptors (Lipinski definition) is 6. The van der Waals surface area contributed by atoms with Gasteiger partial charge < -0.3 is 4.90 Å². The fourth-order valence-corrected chi connectivity index (χ4v) is 9.55. The molecule has 6 nitrogen and oxygen atoms in total. The third-order valence-corrected chi connectivity index (χ3v) is 10.4. The first kappa shape index (κ1) is 22.2. The van der Waals surface area contributed by atoms with Gasteiger partial charge in [0.25, 0.3) is 0 Å². The third kappa shape index (κ3) is 4.47. The molecule has 0 N–H and O–H groups in total. The van der Waals surface area contributed by atoms with Gasteiger partial charge in [-0.05, 0) is 55.0 Å². The maximum absolute atomic E-state index is 13.5. The molecule has 4 rings (SSSR count). The van der Waals surface area contributed by atoms with Crippen LogP contribution in [0.3, 0.4) is 0 Å². The summed E-state index contributed by atoms with van der Waals surface area (Å²) in [6.45, 7) is 3.64. The summed E-state index contributed by atoms with van der Waals surface area (Å²) >= 11 is 0. The molecule has 2 aromatic rings. The van der Waals surface area contributed by atoms with E-state index < -0.39 is 42.5 Å². The van der Waals surface area contributed by atoms with E-state index in [2.05, 4.69) is 4.90 Å². The smallest absolute Gasteiger partial charge is 0.184 e. The standard InChI is InChI=1S/C21H24F2N2O4S2/c1-15-12-17(23)4-7-20(15)31(28,29)21-14-30(26,27)13-19(21)25-10-8-24(9-11-25)18-5-2-16(22)3-6-18/h2-7,12,19,21H,8-11,13-14H2,1H3/t19-,21-/m0/s1. The second-order valence-corrected chi connectivity index (χ2v) is 12.4. The summed E-state index contributed by atoms with van der Waals surface area (Å²) in [5.74, 6) is -1.51. The zero-order valence-corrected chi connectivity index (χ0v) is 18.7. The van der Waals surface area contributed by atoms with Gasteiger partial charge in [-0.15, -0.1) is 0 Å². The number of hydrogen-bond donors (Lipinski definition) is 0. The van der Waals surface area contributed by atoms with Gasteiger partial charge in [0.2, 0.25) is 0 Å². The summed E-state index contributed by atoms with van der Waals surface area (Å²) in [6, 6.07) is 8.94. The van der Waals surface area contributed by atoms with Crippen molar-refractivity contribution >= 4 is 25.4 Å². The van der Waals surface area contributed by atoms with Crippen LogP contribution in [0.25, 0.3) is 0 Å². The molecular weight excluding hydrogens is 446 g/mol. The molecule has 2 aromatic carbocycles. The molecule has 0 radical (unpaired) electrons. The van der Waals surface area contributed by atoms with Gasteiger partial charge in [-0.1, -0.05) is 0 Å². The zero-order chi connectivity index (χ0) is 22.4. The van der Waals surface area contributed by atoms with Gasteiger partial charge in [0.05, 0.1) is 21.7 Å². The Labute approximate surface area is 181 Å². The second kappa shape index (κ2) is 8.14. The first-order valence-electron chi connectivity index (χ1n) is 10.0. The molecule has 0 amide bonds. The van der Waals surface area contributed by atoms with Crippen molar-refractivity contribution in [2.75, 3.05) is 42.6 Å². The molecule has 0 spiro atoms. The molecule has 0 bridgehead atoms. The Bertz CT molecular complexity index is 1180. The number of piperazine rings is 1. The molecule has 2 fully saturated rings. The van der Waals surface area contributed by atoms with E-state index >= 15 is 0 Å². The van der Waals surface area contributed by atoms with Crippen molar-refractivity contribution in [1.29, 1.82) is 0 Å². The van der Waals surface area contributed by atoms with Crippen molar-refractivity contribution < 1.29 is 25.6 Å². The first-order chi connectivity index (χ1) is 14.6. The Morgan fingerprint density at radius 2 is 1.52 bits per heavy atom. The molecule has 0 saturated carbocycles. The summed E-state index contributed by atoms with van der Waals surface area (Å²) in [5, 5.41) is -1.10. The van der Waals surface area contributed by atoms with E-state index in [1.54, 1.807) is 12.1 Å². The number of nitrogens with zero attached hydrogens (tertiary/aromatic N) is 2. The van der Waals surface area contributed by atoms with Crippen LogP contribution in [-0.4, -0.2) is 70.7 Å². The van der Waals surface area contributed by atoms with E-state index in [-0.39, 0.29) is 22.0 Å². The molecule has 10 heteroatoms. The SMILES string of the molecule is Cc1cc(F)ccc1S(=O)(=O)[C@H]1CS(=O)(=O)C[C@@H]1N1CCN(c2ccc(F)cc2)CC1. The lowest BCUT2D eigenvalue weighted by Crippen LogP contribution is -2.55. The highest BCUT2D eigenvalue weighted by Crippen LogP contribution is 2.31. The molecule has 168 valence electrons. The molecule has 31 heavy (non-hydrogen) atoms. The van der Waals surface area contributed by atoms with E-state index in [0.717, 1.165) is 17.8 Å². The average molecular weight is 471 g/mol. The summed E-state index contributed by atoms with van der Waals surface area (Å²) in [5.41, 5.74) is 1.13. The van der Waals surface area contributed by atoms with Crippen LogP contribution < -0.4 is 4.90 Å². The Hall–Kier alpha value is -2.04. The maximum Gasteiger partial charge on any atom is 0.184 e. The van der Waals surface area contributed by atoms with Crippen molar-refractivity contribution in [1.82, 2.24) is 4.90 Å². The number of benzene rings is 2. The average Bonchev–Trinajstić information content (AvgIpc) is 3.05. The molecule has 2 aliphatic heterocycles. The minimum absolute atomic E-state index is 0.0223. The van der Waals surface area contributed by atoms with Crippen LogP contribution in [0, 0.1) is 18.6 Å². The topological polar surface area (TPSA) is 74.8 Å². The van der Waals surface area contributed by atoms with E-state index in [0.29, 0.717) is 26.2 Å². The largest absolute Gasteiger partial charge is 0.369 e. The fraction of sp³-hybridized carbons (Fsp3) is 0.429. The summed E-state index contributed by atoms with van der Waals surface area (Å²) in [6.07, 6.45) is 0. The van der Waals surface area contributed by atoms with Crippen LogP contribution in [-0.2, 0) is 19.7 Å². The molecule has 0 aliphatic carbocycles. The van der Waals surface area contributed by atoms with Crippen LogP contribution in [0.15, 0.2) is 47.4 Å². The summed E-state index contributed by atoms with van der Waals surface area (Å²) in [4.78, 5) is 3.96. The van der Waals surface area contributed by atoms with Crippen molar-refractivity contribution in [3.8, 4) is 0 Å². The normalized spacial score (nSPS) is 24.4. The predicted octanol–water partition coefficient (Wildman–Crippen LogP) is 2.03. The van der Waals surface area contributed by atoms with Crippen LogP contribution in [0.4, 0.5) is 14.5 Å². The molecular formula is C21H24F2N2O4S2. The minimum atomic E-state index is -3.97. The minimum Gasteiger partial charge on any atom is -0.369 e. The Balaban J connectivity index is 1.56. The lowest BCUT2D eigenvalue weighted by atomic mass is 10.1. The van der Waals surface area contributed by atoms with Gasteiger partial charge in [0, 0.05) is 37.9 Å². The Morgan fingerprint density at radius 3 is 2.13 bits per heavy atom. The second-order valence-electron chi connectivity index (χ2n) is 8.14. The Kier molecular flexibility index (Phi) is 5.82. The van der Waals surface area contributed by atoms with Crippen molar-refractivity contribution in [2.45, 2.75) is 23.1 Å². The molecule has 2 saturated heterocycles.